The molecule has 1 aliphatic carbocycles. The van der Waals surface area contributed by atoms with E-state index >= 15 is 0 Å². The van der Waals surface area contributed by atoms with Crippen molar-refractivity contribution in [3.05, 3.63) is 106 Å². The summed E-state index contributed by atoms with van der Waals surface area (Å²) < 4.78 is 5.58. The number of hydrogen-bond acceptors (Lipinski definition) is 7. The molecule has 2 unspecified atom stereocenters. The highest BCUT2D eigenvalue weighted by Gasteiger charge is 2.30. The van der Waals surface area contributed by atoms with E-state index in [-0.39, 0.29) is 31.9 Å². The van der Waals surface area contributed by atoms with Gasteiger partial charge in [-0.1, -0.05) is 90.4 Å². The maximum atomic E-state index is 13.0. The number of hydrogen-bond donors (Lipinski definition) is 5. The summed E-state index contributed by atoms with van der Waals surface area (Å²) in [6, 6.07) is 22.3. The number of alkyl carbamates (subject to hydrolysis) is 1. The van der Waals surface area contributed by atoms with Crippen molar-refractivity contribution in [3.8, 4) is 11.1 Å². The fourth-order valence-electron chi connectivity index (χ4n) is 5.45. The summed E-state index contributed by atoms with van der Waals surface area (Å²) in [5.74, 6) is -3.46. The number of amides is 4. The first-order valence-electron chi connectivity index (χ1n) is 15.5. The third-order valence-corrected chi connectivity index (χ3v) is 7.80. The molecule has 14 heteroatoms. The van der Waals surface area contributed by atoms with Gasteiger partial charge in [-0.2, -0.15) is 0 Å². The van der Waals surface area contributed by atoms with E-state index in [1.807, 2.05) is 48.5 Å². The van der Waals surface area contributed by atoms with Gasteiger partial charge in [-0.05, 0) is 46.2 Å². The molecule has 0 fully saturated rings. The Balaban J connectivity index is 1.27. The molecule has 0 bridgehead atoms. The van der Waals surface area contributed by atoms with E-state index in [9.17, 15) is 29.1 Å². The van der Waals surface area contributed by atoms with Crippen molar-refractivity contribution in [2.24, 2.45) is 5.11 Å². The highest BCUT2D eigenvalue weighted by molar-refractivity contribution is 5.91. The highest BCUT2D eigenvalue weighted by atomic mass is 16.5. The average molecular weight is 656 g/mol. The van der Waals surface area contributed by atoms with Crippen molar-refractivity contribution in [3.63, 3.8) is 0 Å². The third-order valence-electron chi connectivity index (χ3n) is 7.80. The average Bonchev–Trinajstić information content (AvgIpc) is 3.41. The molecule has 250 valence electrons. The Morgan fingerprint density at radius 1 is 0.792 bits per heavy atom. The van der Waals surface area contributed by atoms with Crippen LogP contribution in [0, 0.1) is 0 Å². The van der Waals surface area contributed by atoms with Crippen LogP contribution in [-0.2, 0) is 30.3 Å². The van der Waals surface area contributed by atoms with Crippen LogP contribution in [0.2, 0.25) is 0 Å². The molecule has 0 saturated carbocycles. The van der Waals surface area contributed by atoms with Crippen LogP contribution in [0.3, 0.4) is 0 Å². The van der Waals surface area contributed by atoms with Crippen molar-refractivity contribution < 1.29 is 33.8 Å². The lowest BCUT2D eigenvalue weighted by Crippen LogP contribution is -2.50. The van der Waals surface area contributed by atoms with Gasteiger partial charge in [0.05, 0.1) is 13.1 Å². The van der Waals surface area contributed by atoms with E-state index in [2.05, 4.69) is 31.3 Å². The number of carboxylic acids is 1. The topological polar surface area (TPSA) is 212 Å². The number of ether oxygens (including phenoxy) is 1. The Hall–Kier alpha value is -5.88. The molecular weight excluding hydrogens is 618 g/mol. The van der Waals surface area contributed by atoms with Gasteiger partial charge in [-0.3, -0.25) is 14.4 Å². The fourth-order valence-corrected chi connectivity index (χ4v) is 5.45. The van der Waals surface area contributed by atoms with Crippen molar-refractivity contribution in [2.45, 2.75) is 43.7 Å². The van der Waals surface area contributed by atoms with Crippen molar-refractivity contribution in [1.82, 2.24) is 21.3 Å². The number of carbonyl (C=O) groups excluding carboxylic acids is 4. The van der Waals surface area contributed by atoms with E-state index < -0.39 is 55.0 Å². The summed E-state index contributed by atoms with van der Waals surface area (Å²) in [4.78, 5) is 65.0. The molecule has 14 nitrogen and oxygen atoms in total. The van der Waals surface area contributed by atoms with Crippen LogP contribution in [-0.4, -0.2) is 73.2 Å². The molecule has 48 heavy (non-hydrogen) atoms. The maximum absolute atomic E-state index is 13.0. The van der Waals surface area contributed by atoms with Crippen LogP contribution in [0.4, 0.5) is 4.79 Å². The van der Waals surface area contributed by atoms with Crippen LogP contribution >= 0.6 is 0 Å². The molecular formula is C34H37N7O7. The van der Waals surface area contributed by atoms with Crippen LogP contribution in [0.5, 0.6) is 0 Å². The van der Waals surface area contributed by atoms with Gasteiger partial charge in [-0.25, -0.2) is 9.59 Å². The number of fused-ring (bicyclic) bond motifs is 3. The van der Waals surface area contributed by atoms with Gasteiger partial charge < -0.3 is 31.1 Å². The molecule has 4 rings (SSSR count). The minimum atomic E-state index is -1.22. The number of benzene rings is 3. The second kappa shape index (κ2) is 17.7. The summed E-state index contributed by atoms with van der Waals surface area (Å²) in [5, 5.41) is 22.7. The first kappa shape index (κ1) is 35.0. The molecule has 4 amide bonds. The molecule has 0 heterocycles. The molecule has 2 atom stereocenters. The quantitative estimate of drug-likeness (QED) is 0.0632. The number of carboxylic acid groups (broad SMARTS) is 1. The lowest BCUT2D eigenvalue weighted by molar-refractivity contribution is -0.141. The molecule has 0 aromatic heterocycles. The summed E-state index contributed by atoms with van der Waals surface area (Å²) in [7, 11) is 0. The third kappa shape index (κ3) is 10.1. The first-order valence-corrected chi connectivity index (χ1v) is 15.5. The smallest absolute Gasteiger partial charge is 0.407 e. The number of azide groups is 1. The largest absolute Gasteiger partial charge is 0.480 e. The number of carbonyl (C=O) groups is 5. The van der Waals surface area contributed by atoms with Crippen LogP contribution in [0.15, 0.2) is 84.0 Å². The molecule has 3 aromatic carbocycles. The molecule has 0 saturated heterocycles. The molecule has 1 aliphatic rings. The molecule has 0 radical (unpaired) electrons. The van der Waals surface area contributed by atoms with Crippen LogP contribution in [0.1, 0.15) is 41.9 Å². The van der Waals surface area contributed by atoms with Gasteiger partial charge in [0.2, 0.25) is 17.7 Å². The summed E-state index contributed by atoms with van der Waals surface area (Å²) in [5.41, 5.74) is 13.4. The zero-order valence-electron chi connectivity index (χ0n) is 26.1. The molecule has 0 spiro atoms. The lowest BCUT2D eigenvalue weighted by atomic mass is 9.98. The number of aliphatic carboxylic acids is 1. The van der Waals surface area contributed by atoms with Crippen molar-refractivity contribution in [2.75, 3.05) is 26.2 Å². The fraction of sp³-hybridized carbons (Fsp3) is 0.324. The van der Waals surface area contributed by atoms with Gasteiger partial charge in [0, 0.05) is 23.8 Å². The summed E-state index contributed by atoms with van der Waals surface area (Å²) in [6.45, 7) is -0.744. The highest BCUT2D eigenvalue weighted by Crippen LogP contribution is 2.44. The Kier molecular flexibility index (Phi) is 12.9. The minimum absolute atomic E-state index is 0.0453. The summed E-state index contributed by atoms with van der Waals surface area (Å²) in [6.07, 6.45) is 0.334. The second-order valence-electron chi connectivity index (χ2n) is 11.1. The van der Waals surface area contributed by atoms with Crippen LogP contribution in [0.25, 0.3) is 21.6 Å². The predicted octanol–water partition coefficient (Wildman–Crippen LogP) is 3.42. The number of unbranched alkanes of at least 4 members (excludes halogenated alkanes) is 1. The Morgan fingerprint density at radius 2 is 1.42 bits per heavy atom. The first-order chi connectivity index (χ1) is 23.3. The molecule has 5 N–H and O–H groups in total. The standard InChI is InChI=1S/C34H37N7O7/c35-41-38-17-9-8-16-28(40-34(47)48-21-27-25-14-6-4-12-23(25)24-13-5-7-15-26(24)27)32(44)37-19-30(42)36-20-31(43)39-29(33(45)46)18-22-10-2-1-3-11-22/h1-7,10-15,27-29H,8-9,16-21H2,(H,36,42)(H,37,44)(H,39,43)(H,40,47)(H,45,46). The Morgan fingerprint density at radius 3 is 2.06 bits per heavy atom. The van der Waals surface area contributed by atoms with E-state index in [0.717, 1.165) is 27.8 Å². The maximum Gasteiger partial charge on any atom is 0.407 e. The number of nitrogens with one attached hydrogen (secondary N) is 4. The Labute approximate surface area is 276 Å². The monoisotopic (exact) mass is 655 g/mol. The minimum Gasteiger partial charge on any atom is -0.480 e. The van der Waals surface area contributed by atoms with Gasteiger partial charge in [0.25, 0.3) is 0 Å². The normalized spacial score (nSPS) is 12.7. The van der Waals surface area contributed by atoms with Crippen molar-refractivity contribution in [1.29, 1.82) is 0 Å². The van der Waals surface area contributed by atoms with E-state index in [0.29, 0.717) is 12.8 Å². The lowest BCUT2D eigenvalue weighted by Gasteiger charge is -2.20. The SMILES string of the molecule is [N-]=[N+]=NCCCCC(NC(=O)OCC1c2ccccc2-c2ccccc21)C(=O)NCC(=O)NCC(=O)NC(Cc1ccccc1)C(=O)O. The number of rotatable bonds is 17. The van der Waals surface area contributed by atoms with Crippen molar-refractivity contribution >= 4 is 29.8 Å². The van der Waals surface area contributed by atoms with Gasteiger partial charge in [0.1, 0.15) is 18.7 Å². The van der Waals surface area contributed by atoms with Gasteiger partial charge >= 0.3 is 12.1 Å². The number of nitrogens with zero attached hydrogens (tertiary/aromatic N) is 3. The van der Waals surface area contributed by atoms with E-state index in [4.69, 9.17) is 10.3 Å². The van der Waals surface area contributed by atoms with Crippen LogP contribution < -0.4 is 21.3 Å². The zero-order valence-corrected chi connectivity index (χ0v) is 26.1. The van der Waals surface area contributed by atoms with Gasteiger partial charge in [0.15, 0.2) is 0 Å². The molecule has 3 aromatic rings. The van der Waals surface area contributed by atoms with E-state index in [1.54, 1.807) is 30.3 Å². The molecule has 0 aliphatic heterocycles. The Bertz CT molecular complexity index is 1610. The van der Waals surface area contributed by atoms with Gasteiger partial charge in [-0.15, -0.1) is 0 Å². The summed E-state index contributed by atoms with van der Waals surface area (Å²) >= 11 is 0. The zero-order chi connectivity index (χ0) is 34.3. The van der Waals surface area contributed by atoms with E-state index in [1.165, 1.54) is 0 Å². The predicted molar refractivity (Wildman–Crippen MR) is 176 cm³/mol. The second-order valence-corrected chi connectivity index (χ2v) is 11.1.